The van der Waals surface area contributed by atoms with Gasteiger partial charge >= 0.3 is 5.69 Å². The summed E-state index contributed by atoms with van der Waals surface area (Å²) in [6.45, 7) is 3.86. The van der Waals surface area contributed by atoms with Crippen LogP contribution in [0.4, 0.5) is 11.5 Å². The highest BCUT2D eigenvalue weighted by Gasteiger charge is 2.18. The summed E-state index contributed by atoms with van der Waals surface area (Å²) in [6, 6.07) is 1.61. The Hall–Kier alpha value is -2.57. The van der Waals surface area contributed by atoms with E-state index < -0.39 is 4.92 Å². The molecule has 19 heavy (non-hydrogen) atoms. The van der Waals surface area contributed by atoms with Gasteiger partial charge in [-0.3, -0.25) is 20.1 Å². The molecule has 0 fully saturated rings. The summed E-state index contributed by atoms with van der Waals surface area (Å²) in [6.07, 6.45) is 4.81. The van der Waals surface area contributed by atoms with Crippen molar-refractivity contribution in [2.75, 3.05) is 5.32 Å². The topological polar surface area (TPSA) is 93.8 Å². The maximum Gasteiger partial charge on any atom is 0.314 e. The summed E-state index contributed by atoms with van der Waals surface area (Å²) in [5.74, 6) is 0.243. The molecule has 7 heteroatoms. The second kappa shape index (κ2) is 5.38. The van der Waals surface area contributed by atoms with Crippen molar-refractivity contribution in [2.24, 2.45) is 0 Å². The van der Waals surface area contributed by atoms with Crippen LogP contribution in [0.25, 0.3) is 0 Å². The van der Waals surface area contributed by atoms with Gasteiger partial charge < -0.3 is 5.32 Å². The van der Waals surface area contributed by atoms with Gasteiger partial charge in [-0.15, -0.1) is 0 Å². The van der Waals surface area contributed by atoms with Crippen molar-refractivity contribution >= 4 is 11.5 Å². The van der Waals surface area contributed by atoms with Gasteiger partial charge in [0, 0.05) is 18.0 Å². The van der Waals surface area contributed by atoms with Crippen LogP contribution in [0.5, 0.6) is 0 Å². The standard InChI is InChI=1S/C12H13N5O2/c1-8-3-4-13-12(11(8)17(18)19)16-7-10-6-14-9(2)5-15-10/h3-6H,7H2,1-2H3,(H,13,16). The van der Waals surface area contributed by atoms with Gasteiger partial charge in [0.2, 0.25) is 5.82 Å². The quantitative estimate of drug-likeness (QED) is 0.666. The average Bonchev–Trinajstić information content (AvgIpc) is 2.37. The Kier molecular flexibility index (Phi) is 3.65. The molecule has 7 nitrogen and oxygen atoms in total. The lowest BCUT2D eigenvalue weighted by Crippen LogP contribution is -2.07. The molecule has 98 valence electrons. The first-order valence-corrected chi connectivity index (χ1v) is 5.69. The van der Waals surface area contributed by atoms with Crippen LogP contribution in [-0.2, 0) is 6.54 Å². The summed E-state index contributed by atoms with van der Waals surface area (Å²) < 4.78 is 0. The number of hydrogen-bond acceptors (Lipinski definition) is 6. The number of pyridine rings is 1. The molecule has 0 aromatic carbocycles. The van der Waals surface area contributed by atoms with Crippen LogP contribution in [0.15, 0.2) is 24.7 Å². The first kappa shape index (κ1) is 12.9. The number of anilines is 1. The molecule has 0 saturated heterocycles. The SMILES string of the molecule is Cc1cnc(CNc2nccc(C)c2[N+](=O)[O-])cn1. The molecule has 2 heterocycles. The monoisotopic (exact) mass is 259 g/mol. The molecule has 0 amide bonds. The first-order chi connectivity index (χ1) is 9.08. The Morgan fingerprint density at radius 1 is 1.26 bits per heavy atom. The lowest BCUT2D eigenvalue weighted by atomic mass is 10.2. The fraction of sp³-hybridized carbons (Fsp3) is 0.250. The highest BCUT2D eigenvalue weighted by Crippen LogP contribution is 2.25. The van der Waals surface area contributed by atoms with E-state index >= 15 is 0 Å². The molecular formula is C12H13N5O2. The number of nitrogens with zero attached hydrogens (tertiary/aromatic N) is 4. The lowest BCUT2D eigenvalue weighted by Gasteiger charge is -2.06. The molecule has 0 aliphatic carbocycles. The van der Waals surface area contributed by atoms with Crippen LogP contribution >= 0.6 is 0 Å². The average molecular weight is 259 g/mol. The number of rotatable bonds is 4. The van der Waals surface area contributed by atoms with Gasteiger partial charge in [-0.2, -0.15) is 0 Å². The molecule has 0 radical (unpaired) electrons. The zero-order valence-corrected chi connectivity index (χ0v) is 10.6. The number of aryl methyl sites for hydroxylation is 2. The van der Waals surface area contributed by atoms with Crippen molar-refractivity contribution in [1.82, 2.24) is 15.0 Å². The van der Waals surface area contributed by atoms with E-state index in [9.17, 15) is 10.1 Å². The molecule has 2 aromatic heterocycles. The molecule has 0 bridgehead atoms. The van der Waals surface area contributed by atoms with Crippen molar-refractivity contribution < 1.29 is 4.92 Å². The minimum atomic E-state index is -0.439. The minimum Gasteiger partial charge on any atom is -0.359 e. The highest BCUT2D eigenvalue weighted by molar-refractivity contribution is 5.59. The molecule has 0 aliphatic heterocycles. The predicted molar refractivity (Wildman–Crippen MR) is 69.7 cm³/mol. The second-order valence-electron chi connectivity index (χ2n) is 4.08. The van der Waals surface area contributed by atoms with Gasteiger partial charge in [-0.05, 0) is 19.9 Å². The maximum atomic E-state index is 11.0. The molecule has 2 aromatic rings. The van der Waals surface area contributed by atoms with E-state index in [0.717, 1.165) is 5.69 Å². The number of nitro groups is 1. The fourth-order valence-electron chi connectivity index (χ4n) is 1.60. The maximum absolute atomic E-state index is 11.0. The van der Waals surface area contributed by atoms with Crippen molar-refractivity contribution in [3.63, 3.8) is 0 Å². The van der Waals surface area contributed by atoms with Crippen LogP contribution in [0, 0.1) is 24.0 Å². The van der Waals surface area contributed by atoms with Gasteiger partial charge in [0.25, 0.3) is 0 Å². The van der Waals surface area contributed by atoms with E-state index in [1.54, 1.807) is 25.4 Å². The van der Waals surface area contributed by atoms with Gasteiger partial charge in [0.05, 0.1) is 29.1 Å². The highest BCUT2D eigenvalue weighted by atomic mass is 16.6. The lowest BCUT2D eigenvalue weighted by molar-refractivity contribution is -0.384. The minimum absolute atomic E-state index is 0.0115. The summed E-state index contributed by atoms with van der Waals surface area (Å²) >= 11 is 0. The van der Waals surface area contributed by atoms with E-state index in [2.05, 4.69) is 20.3 Å². The number of nitrogens with one attached hydrogen (secondary N) is 1. The molecule has 0 aliphatic rings. The molecule has 1 N–H and O–H groups in total. The number of hydrogen-bond donors (Lipinski definition) is 1. The van der Waals surface area contributed by atoms with Gasteiger partial charge in [-0.1, -0.05) is 0 Å². The first-order valence-electron chi connectivity index (χ1n) is 5.69. The van der Waals surface area contributed by atoms with Gasteiger partial charge in [-0.25, -0.2) is 4.98 Å². The van der Waals surface area contributed by atoms with Crippen LogP contribution in [0.3, 0.4) is 0 Å². The van der Waals surface area contributed by atoms with Crippen molar-refractivity contribution in [3.8, 4) is 0 Å². The van der Waals surface area contributed by atoms with E-state index in [4.69, 9.17) is 0 Å². The summed E-state index contributed by atoms with van der Waals surface area (Å²) in [7, 11) is 0. The van der Waals surface area contributed by atoms with Crippen LogP contribution in [-0.4, -0.2) is 19.9 Å². The third-order valence-corrected chi connectivity index (χ3v) is 2.58. The third kappa shape index (κ3) is 3.01. The van der Waals surface area contributed by atoms with Crippen LogP contribution in [0.1, 0.15) is 17.0 Å². The van der Waals surface area contributed by atoms with E-state index in [1.807, 2.05) is 6.92 Å². The Morgan fingerprint density at radius 2 is 2.05 bits per heavy atom. The van der Waals surface area contributed by atoms with Crippen molar-refractivity contribution in [3.05, 3.63) is 51.7 Å². The van der Waals surface area contributed by atoms with Gasteiger partial charge in [0.1, 0.15) is 0 Å². The number of aromatic nitrogens is 3. The van der Waals surface area contributed by atoms with E-state index in [1.165, 1.54) is 6.20 Å². The Labute approximate surface area is 109 Å². The zero-order chi connectivity index (χ0) is 13.8. The fourth-order valence-corrected chi connectivity index (χ4v) is 1.60. The smallest absolute Gasteiger partial charge is 0.314 e. The van der Waals surface area contributed by atoms with Crippen LogP contribution < -0.4 is 5.32 Å². The normalized spacial score (nSPS) is 10.2. The second-order valence-corrected chi connectivity index (χ2v) is 4.08. The zero-order valence-electron chi connectivity index (χ0n) is 10.6. The Balaban J connectivity index is 2.18. The molecule has 0 atom stereocenters. The summed E-state index contributed by atoms with van der Waals surface area (Å²) in [4.78, 5) is 22.8. The third-order valence-electron chi connectivity index (χ3n) is 2.58. The molecular weight excluding hydrogens is 246 g/mol. The van der Waals surface area contributed by atoms with Crippen LogP contribution in [0.2, 0.25) is 0 Å². The van der Waals surface area contributed by atoms with Crippen molar-refractivity contribution in [2.45, 2.75) is 20.4 Å². The van der Waals surface area contributed by atoms with Crippen molar-refractivity contribution in [1.29, 1.82) is 0 Å². The van der Waals surface area contributed by atoms with Gasteiger partial charge in [0.15, 0.2) is 0 Å². The summed E-state index contributed by atoms with van der Waals surface area (Å²) in [5.41, 5.74) is 2.08. The van der Waals surface area contributed by atoms with E-state index in [-0.39, 0.29) is 11.5 Å². The Bertz CT molecular complexity index is 598. The molecule has 0 spiro atoms. The molecule has 0 saturated carbocycles. The largest absolute Gasteiger partial charge is 0.359 e. The van der Waals surface area contributed by atoms with E-state index in [0.29, 0.717) is 17.8 Å². The summed E-state index contributed by atoms with van der Waals surface area (Å²) in [5, 5.41) is 13.9. The molecule has 2 rings (SSSR count). The predicted octanol–water partition coefficient (Wildman–Crippen LogP) is 2.01. The molecule has 0 unspecified atom stereocenters. The Morgan fingerprint density at radius 3 is 2.68 bits per heavy atom.